The molecule has 33 heavy (non-hydrogen) atoms. The highest BCUT2D eigenvalue weighted by Gasteiger charge is 2.42. The van der Waals surface area contributed by atoms with Crippen molar-refractivity contribution >= 4 is 0 Å². The van der Waals surface area contributed by atoms with E-state index in [4.69, 9.17) is 0 Å². The van der Waals surface area contributed by atoms with Crippen LogP contribution in [0.4, 0.5) is 0 Å². The van der Waals surface area contributed by atoms with Crippen LogP contribution in [0.15, 0.2) is 97.1 Å². The molecule has 4 aromatic carbocycles. The Labute approximate surface area is 196 Å². The molecule has 4 aromatic rings. The monoisotopic (exact) mass is 434 g/mol. The van der Waals surface area contributed by atoms with Crippen LogP contribution in [0.25, 0.3) is 22.3 Å². The van der Waals surface area contributed by atoms with Gasteiger partial charge in [0, 0.05) is 16.5 Å². The summed E-state index contributed by atoms with van der Waals surface area (Å²) < 4.78 is 0. The molecule has 2 nitrogen and oxygen atoms in total. The molecule has 0 bridgehead atoms. The molecule has 0 aromatic heterocycles. The Morgan fingerprint density at radius 3 is 1.58 bits per heavy atom. The van der Waals surface area contributed by atoms with E-state index in [-0.39, 0.29) is 5.41 Å². The van der Waals surface area contributed by atoms with E-state index >= 15 is 0 Å². The van der Waals surface area contributed by atoms with Crippen molar-refractivity contribution in [2.75, 3.05) is 0 Å². The average molecular weight is 435 g/mol. The van der Waals surface area contributed by atoms with Crippen LogP contribution in [0.1, 0.15) is 43.7 Å². The van der Waals surface area contributed by atoms with Crippen molar-refractivity contribution in [3.05, 3.63) is 108 Å². The highest BCUT2D eigenvalue weighted by Crippen LogP contribution is 2.51. The van der Waals surface area contributed by atoms with Gasteiger partial charge in [-0.05, 0) is 65.3 Å². The van der Waals surface area contributed by atoms with Crippen LogP contribution in [-0.2, 0) is 5.41 Å². The molecule has 1 aliphatic rings. The Morgan fingerprint density at radius 2 is 1.12 bits per heavy atom. The molecular formula is C31H30O2. The lowest BCUT2D eigenvalue weighted by Crippen LogP contribution is -2.38. The molecule has 0 saturated heterocycles. The topological polar surface area (TPSA) is 40.5 Å². The fourth-order valence-electron chi connectivity index (χ4n) is 5.70. The highest BCUT2D eigenvalue weighted by atomic mass is 16.3. The summed E-state index contributed by atoms with van der Waals surface area (Å²) in [7, 11) is 0. The number of hydrogen-bond donors (Lipinski definition) is 2. The first-order chi connectivity index (χ1) is 16.1. The maximum absolute atomic E-state index is 10.7. The van der Waals surface area contributed by atoms with Crippen molar-refractivity contribution in [3.63, 3.8) is 0 Å². The summed E-state index contributed by atoms with van der Waals surface area (Å²) >= 11 is 0. The number of hydrogen-bond acceptors (Lipinski definition) is 2. The van der Waals surface area contributed by atoms with Crippen LogP contribution in [0, 0.1) is 5.92 Å². The highest BCUT2D eigenvalue weighted by molar-refractivity contribution is 5.73. The molecule has 1 unspecified atom stereocenters. The first-order valence-corrected chi connectivity index (χ1v) is 11.9. The fraction of sp³-hybridized carbons (Fsp3) is 0.226. The van der Waals surface area contributed by atoms with Crippen LogP contribution in [0.2, 0.25) is 0 Å². The molecule has 1 aliphatic carbocycles. The van der Waals surface area contributed by atoms with Crippen molar-refractivity contribution in [2.24, 2.45) is 5.92 Å². The summed E-state index contributed by atoms with van der Waals surface area (Å²) in [5, 5.41) is 21.4. The number of phenols is 2. The normalized spacial score (nSPS) is 17.5. The number of benzene rings is 4. The van der Waals surface area contributed by atoms with Gasteiger partial charge in [-0.3, -0.25) is 0 Å². The first-order valence-electron chi connectivity index (χ1n) is 11.9. The van der Waals surface area contributed by atoms with Crippen LogP contribution in [0.5, 0.6) is 11.5 Å². The first kappa shape index (κ1) is 21.3. The van der Waals surface area contributed by atoms with E-state index in [1.54, 1.807) is 0 Å². The Balaban J connectivity index is 1.71. The summed E-state index contributed by atoms with van der Waals surface area (Å²) in [4.78, 5) is 0. The van der Waals surface area contributed by atoms with Crippen LogP contribution < -0.4 is 0 Å². The summed E-state index contributed by atoms with van der Waals surface area (Å²) in [5.41, 5.74) is 6.07. The fourth-order valence-corrected chi connectivity index (χ4v) is 5.70. The summed E-state index contributed by atoms with van der Waals surface area (Å²) in [6.45, 7) is 2.35. The van der Waals surface area contributed by atoms with Gasteiger partial charge in [0.05, 0.1) is 0 Å². The minimum absolute atomic E-state index is 0.174. The third-order valence-corrected chi connectivity index (χ3v) is 7.49. The zero-order chi connectivity index (χ0) is 22.8. The van der Waals surface area contributed by atoms with Crippen molar-refractivity contribution < 1.29 is 10.2 Å². The third kappa shape index (κ3) is 3.80. The second-order valence-corrected chi connectivity index (χ2v) is 9.31. The maximum Gasteiger partial charge on any atom is 0.123 e. The van der Waals surface area contributed by atoms with Crippen molar-refractivity contribution in [1.82, 2.24) is 0 Å². The van der Waals surface area contributed by atoms with Gasteiger partial charge in [0.2, 0.25) is 0 Å². The van der Waals surface area contributed by atoms with Gasteiger partial charge in [0.15, 0.2) is 0 Å². The lowest BCUT2D eigenvalue weighted by Gasteiger charge is -2.44. The standard InChI is InChI=1S/C31H30O2/c1-22-10-8-9-19-31(22,25-15-17-29(32)27(20-25)23-11-4-2-5-12-23)26-16-18-30(33)28(21-26)24-13-6-3-7-14-24/h2-7,11-18,20-22,32-33H,8-10,19H2,1H3. The van der Waals surface area contributed by atoms with Crippen molar-refractivity contribution in [3.8, 4) is 33.8 Å². The molecule has 2 N–H and O–H groups in total. The molecule has 2 heteroatoms. The van der Waals surface area contributed by atoms with Gasteiger partial charge in [0.25, 0.3) is 0 Å². The van der Waals surface area contributed by atoms with E-state index in [1.807, 2.05) is 72.8 Å². The molecule has 0 radical (unpaired) electrons. The van der Waals surface area contributed by atoms with Crippen LogP contribution >= 0.6 is 0 Å². The van der Waals surface area contributed by atoms with E-state index in [0.717, 1.165) is 41.5 Å². The van der Waals surface area contributed by atoms with Gasteiger partial charge >= 0.3 is 0 Å². The van der Waals surface area contributed by atoms with Crippen molar-refractivity contribution in [2.45, 2.75) is 38.0 Å². The van der Waals surface area contributed by atoms with Gasteiger partial charge in [-0.15, -0.1) is 0 Å². The summed E-state index contributed by atoms with van der Waals surface area (Å²) in [5.74, 6) is 1.05. The maximum atomic E-state index is 10.7. The van der Waals surface area contributed by atoms with Crippen molar-refractivity contribution in [1.29, 1.82) is 0 Å². The molecule has 0 aliphatic heterocycles. The van der Waals surface area contributed by atoms with Crippen LogP contribution in [-0.4, -0.2) is 10.2 Å². The second-order valence-electron chi connectivity index (χ2n) is 9.31. The molecule has 1 fully saturated rings. The molecule has 0 heterocycles. The van der Waals surface area contributed by atoms with Gasteiger partial charge in [0.1, 0.15) is 11.5 Å². The van der Waals surface area contributed by atoms with Gasteiger partial charge in [-0.1, -0.05) is 92.6 Å². The SMILES string of the molecule is CC1CCCCC1(c1ccc(O)c(-c2ccccc2)c1)c1ccc(O)c(-c2ccccc2)c1. The third-order valence-electron chi connectivity index (χ3n) is 7.49. The lowest BCUT2D eigenvalue weighted by molar-refractivity contribution is 0.244. The Hall–Kier alpha value is -3.52. The van der Waals surface area contributed by atoms with E-state index < -0.39 is 0 Å². The predicted octanol–water partition coefficient (Wildman–Crippen LogP) is 7.93. The van der Waals surface area contributed by atoms with E-state index in [9.17, 15) is 10.2 Å². The number of rotatable bonds is 4. The van der Waals surface area contributed by atoms with Gasteiger partial charge in [-0.2, -0.15) is 0 Å². The zero-order valence-corrected chi connectivity index (χ0v) is 19.0. The van der Waals surface area contributed by atoms with Gasteiger partial charge < -0.3 is 10.2 Å². The second kappa shape index (κ2) is 8.78. The largest absolute Gasteiger partial charge is 0.507 e. The Bertz CT molecular complexity index is 1160. The Morgan fingerprint density at radius 1 is 0.636 bits per heavy atom. The lowest BCUT2D eigenvalue weighted by atomic mass is 9.59. The van der Waals surface area contributed by atoms with Crippen LogP contribution in [0.3, 0.4) is 0 Å². The number of phenolic OH excluding ortho intramolecular Hbond substituents is 2. The Kier molecular flexibility index (Phi) is 5.68. The zero-order valence-electron chi connectivity index (χ0n) is 19.0. The molecule has 0 spiro atoms. The minimum atomic E-state index is -0.174. The smallest absolute Gasteiger partial charge is 0.123 e. The molecule has 0 amide bonds. The van der Waals surface area contributed by atoms with E-state index in [2.05, 4.69) is 31.2 Å². The summed E-state index contributed by atoms with van der Waals surface area (Å²) in [6.07, 6.45) is 4.60. The molecule has 1 saturated carbocycles. The summed E-state index contributed by atoms with van der Waals surface area (Å²) in [6, 6.07) is 32.5. The van der Waals surface area contributed by atoms with E-state index in [0.29, 0.717) is 17.4 Å². The average Bonchev–Trinajstić information content (AvgIpc) is 2.86. The predicted molar refractivity (Wildman–Crippen MR) is 135 cm³/mol. The number of aromatic hydroxyl groups is 2. The quantitative estimate of drug-likeness (QED) is 0.342. The molecule has 166 valence electrons. The molecule has 5 rings (SSSR count). The van der Waals surface area contributed by atoms with E-state index in [1.165, 1.54) is 17.5 Å². The molecule has 1 atom stereocenters. The minimum Gasteiger partial charge on any atom is -0.507 e. The molecular weight excluding hydrogens is 404 g/mol. The van der Waals surface area contributed by atoms with Gasteiger partial charge in [-0.25, -0.2) is 0 Å².